The molecule has 2 heterocycles. The number of benzene rings is 1. The fraction of sp³-hybridized carbons (Fsp3) is 0.333. The van der Waals surface area contributed by atoms with E-state index in [0.29, 0.717) is 27.3 Å². The van der Waals surface area contributed by atoms with Crippen LogP contribution in [0.1, 0.15) is 34.6 Å². The third-order valence-corrected chi connectivity index (χ3v) is 6.93. The summed E-state index contributed by atoms with van der Waals surface area (Å²) in [6.45, 7) is 8.45. The summed E-state index contributed by atoms with van der Waals surface area (Å²) in [6, 6.07) is 7.38. The van der Waals surface area contributed by atoms with Gasteiger partial charge in [-0.25, -0.2) is 4.79 Å². The summed E-state index contributed by atoms with van der Waals surface area (Å²) in [5.41, 5.74) is 2.15. The van der Waals surface area contributed by atoms with Crippen LogP contribution in [0.25, 0.3) is 11.4 Å². The molecule has 10 heteroatoms. The molecule has 0 atom stereocenters. The Morgan fingerprint density at radius 2 is 1.90 bits per heavy atom. The average molecular weight is 479 g/mol. The summed E-state index contributed by atoms with van der Waals surface area (Å²) < 4.78 is 7.09. The zero-order valence-corrected chi connectivity index (χ0v) is 20.1. The topological polar surface area (TPSA) is 86.1 Å². The van der Waals surface area contributed by atoms with Crippen LogP contribution in [0, 0.1) is 13.8 Å². The van der Waals surface area contributed by atoms with Crippen molar-refractivity contribution in [3.63, 3.8) is 0 Å². The molecule has 7 nitrogen and oxygen atoms in total. The summed E-state index contributed by atoms with van der Waals surface area (Å²) in [7, 11) is 0. The first kappa shape index (κ1) is 23.3. The number of hydrogen-bond donors (Lipinski definition) is 1. The first-order valence-corrected chi connectivity index (χ1v) is 11.9. The molecule has 0 aliphatic carbocycles. The summed E-state index contributed by atoms with van der Waals surface area (Å²) >= 11 is 8.63. The number of ether oxygens (including phenoxy) is 1. The van der Waals surface area contributed by atoms with Crippen LogP contribution in [0.4, 0.5) is 5.00 Å². The largest absolute Gasteiger partial charge is 0.462 e. The van der Waals surface area contributed by atoms with Crippen LogP contribution in [0.3, 0.4) is 0 Å². The molecule has 164 valence electrons. The SMILES string of the molecule is CCOC(=O)c1c(NC(=O)CSc2nnc(-c3ccc(Cl)cc3)n2CC)sc(C)c1C. The molecule has 0 radical (unpaired) electrons. The molecule has 0 saturated carbocycles. The first-order chi connectivity index (χ1) is 14.8. The predicted molar refractivity (Wildman–Crippen MR) is 125 cm³/mol. The van der Waals surface area contributed by atoms with Crippen LogP contribution in [-0.2, 0) is 16.1 Å². The van der Waals surface area contributed by atoms with E-state index in [0.717, 1.165) is 21.8 Å². The van der Waals surface area contributed by atoms with Crippen LogP contribution in [-0.4, -0.2) is 39.0 Å². The van der Waals surface area contributed by atoms with E-state index in [-0.39, 0.29) is 18.3 Å². The number of amides is 1. The lowest BCUT2D eigenvalue weighted by Gasteiger charge is -2.08. The molecule has 0 spiro atoms. The minimum atomic E-state index is -0.425. The highest BCUT2D eigenvalue weighted by atomic mass is 35.5. The van der Waals surface area contributed by atoms with E-state index in [4.69, 9.17) is 16.3 Å². The normalized spacial score (nSPS) is 10.9. The van der Waals surface area contributed by atoms with E-state index in [9.17, 15) is 9.59 Å². The Morgan fingerprint density at radius 3 is 2.55 bits per heavy atom. The Hall–Kier alpha value is -2.36. The van der Waals surface area contributed by atoms with Crippen LogP contribution >= 0.6 is 34.7 Å². The van der Waals surface area contributed by atoms with Gasteiger partial charge in [-0.3, -0.25) is 4.79 Å². The van der Waals surface area contributed by atoms with E-state index in [1.54, 1.807) is 19.1 Å². The smallest absolute Gasteiger partial charge is 0.341 e. The third-order valence-electron chi connectivity index (χ3n) is 4.59. The monoisotopic (exact) mass is 478 g/mol. The van der Waals surface area contributed by atoms with Crippen LogP contribution < -0.4 is 5.32 Å². The maximum Gasteiger partial charge on any atom is 0.341 e. The molecule has 1 aromatic carbocycles. The standard InChI is InChI=1S/C21H23ClN4O3S2/c1-5-26-18(14-7-9-15(22)10-8-14)24-25-21(26)30-11-16(27)23-19-17(20(28)29-6-2)12(3)13(4)31-19/h7-10H,5-6,11H2,1-4H3,(H,23,27). The Morgan fingerprint density at radius 1 is 1.19 bits per heavy atom. The minimum absolute atomic E-state index is 0.136. The molecule has 1 N–H and O–H groups in total. The number of nitrogens with zero attached hydrogens (tertiary/aromatic N) is 3. The fourth-order valence-electron chi connectivity index (χ4n) is 2.95. The number of thiophene rings is 1. The minimum Gasteiger partial charge on any atom is -0.462 e. The first-order valence-electron chi connectivity index (χ1n) is 9.74. The number of rotatable bonds is 8. The molecule has 0 aliphatic rings. The number of thioether (sulfide) groups is 1. The molecule has 0 saturated heterocycles. The van der Waals surface area contributed by atoms with Crippen molar-refractivity contribution in [1.82, 2.24) is 14.8 Å². The number of esters is 1. The molecule has 3 rings (SSSR count). The van der Waals surface area contributed by atoms with E-state index >= 15 is 0 Å². The van der Waals surface area contributed by atoms with Crippen molar-refractivity contribution in [2.24, 2.45) is 0 Å². The Bertz CT molecular complexity index is 1090. The van der Waals surface area contributed by atoms with E-state index in [2.05, 4.69) is 15.5 Å². The molecule has 2 aromatic heterocycles. The molecule has 31 heavy (non-hydrogen) atoms. The van der Waals surface area contributed by atoms with Gasteiger partial charge in [-0.05, 0) is 57.5 Å². The van der Waals surface area contributed by atoms with Gasteiger partial charge in [-0.2, -0.15) is 0 Å². The van der Waals surface area contributed by atoms with Crippen molar-refractivity contribution >= 4 is 51.6 Å². The van der Waals surface area contributed by atoms with E-state index < -0.39 is 5.97 Å². The molecule has 0 fully saturated rings. The van der Waals surface area contributed by atoms with Crippen molar-refractivity contribution in [1.29, 1.82) is 0 Å². The average Bonchev–Trinajstić information content (AvgIpc) is 3.27. The Kier molecular flexibility index (Phi) is 7.74. The van der Waals surface area contributed by atoms with Gasteiger partial charge >= 0.3 is 5.97 Å². The predicted octanol–water partition coefficient (Wildman–Crippen LogP) is 5.20. The number of carbonyl (C=O) groups is 2. The molecule has 0 unspecified atom stereocenters. The van der Waals surface area contributed by atoms with Gasteiger partial charge in [0.15, 0.2) is 11.0 Å². The van der Waals surface area contributed by atoms with Gasteiger partial charge in [0.25, 0.3) is 0 Å². The molecular formula is C21H23ClN4O3S2. The van der Waals surface area contributed by atoms with Gasteiger partial charge in [-0.1, -0.05) is 23.4 Å². The van der Waals surface area contributed by atoms with Crippen molar-refractivity contribution in [3.8, 4) is 11.4 Å². The summed E-state index contributed by atoms with van der Waals surface area (Å²) in [6.07, 6.45) is 0. The Labute approximate surface area is 194 Å². The summed E-state index contributed by atoms with van der Waals surface area (Å²) in [5.74, 6) is 0.203. The molecule has 0 bridgehead atoms. The Balaban J connectivity index is 1.72. The zero-order chi connectivity index (χ0) is 22.5. The number of aromatic nitrogens is 3. The quantitative estimate of drug-likeness (QED) is 0.353. The van der Waals surface area contributed by atoms with Gasteiger partial charge in [-0.15, -0.1) is 21.5 Å². The highest BCUT2D eigenvalue weighted by Crippen LogP contribution is 2.33. The lowest BCUT2D eigenvalue weighted by molar-refractivity contribution is -0.113. The maximum absolute atomic E-state index is 12.6. The van der Waals surface area contributed by atoms with Crippen LogP contribution in [0.2, 0.25) is 5.02 Å². The zero-order valence-electron chi connectivity index (χ0n) is 17.7. The van der Waals surface area contributed by atoms with Crippen molar-refractivity contribution < 1.29 is 14.3 Å². The highest BCUT2D eigenvalue weighted by Gasteiger charge is 2.22. The molecule has 1 amide bonds. The number of anilines is 1. The lowest BCUT2D eigenvalue weighted by Crippen LogP contribution is -2.17. The second kappa shape index (κ2) is 10.3. The highest BCUT2D eigenvalue weighted by molar-refractivity contribution is 7.99. The summed E-state index contributed by atoms with van der Waals surface area (Å²) in [4.78, 5) is 25.9. The molecule has 3 aromatic rings. The van der Waals surface area contributed by atoms with E-state index in [1.807, 2.05) is 37.5 Å². The number of halogens is 1. The third kappa shape index (κ3) is 5.28. The molecular weight excluding hydrogens is 456 g/mol. The number of hydrogen-bond acceptors (Lipinski definition) is 7. The van der Waals surface area contributed by atoms with Gasteiger partial charge in [0.2, 0.25) is 5.91 Å². The lowest BCUT2D eigenvalue weighted by atomic mass is 10.1. The second-order valence-corrected chi connectivity index (χ2v) is 9.21. The van der Waals surface area contributed by atoms with Crippen LogP contribution in [0.15, 0.2) is 29.4 Å². The number of aryl methyl sites for hydroxylation is 1. The molecule has 0 aliphatic heterocycles. The van der Waals surface area contributed by atoms with Gasteiger partial charge < -0.3 is 14.6 Å². The van der Waals surface area contributed by atoms with Gasteiger partial charge in [0.05, 0.1) is 17.9 Å². The van der Waals surface area contributed by atoms with E-state index in [1.165, 1.54) is 23.1 Å². The fourth-order valence-corrected chi connectivity index (χ4v) is 4.94. The van der Waals surface area contributed by atoms with Crippen molar-refractivity contribution in [3.05, 3.63) is 45.3 Å². The summed E-state index contributed by atoms with van der Waals surface area (Å²) in [5, 5.41) is 13.2. The van der Waals surface area contributed by atoms with Crippen LogP contribution in [0.5, 0.6) is 0 Å². The number of nitrogens with one attached hydrogen (secondary N) is 1. The maximum atomic E-state index is 12.6. The number of carbonyl (C=O) groups excluding carboxylic acids is 2. The van der Waals surface area contributed by atoms with Crippen molar-refractivity contribution in [2.75, 3.05) is 17.7 Å². The van der Waals surface area contributed by atoms with Gasteiger partial charge in [0, 0.05) is 22.0 Å². The second-order valence-electron chi connectivity index (χ2n) is 6.60. The van der Waals surface area contributed by atoms with Crippen molar-refractivity contribution in [2.45, 2.75) is 39.4 Å². The van der Waals surface area contributed by atoms with Gasteiger partial charge in [0.1, 0.15) is 5.00 Å².